The van der Waals surface area contributed by atoms with Crippen LogP contribution in [0.2, 0.25) is 0 Å². The van der Waals surface area contributed by atoms with Gasteiger partial charge in [0.05, 0.1) is 35.7 Å². The zero-order valence-electron chi connectivity index (χ0n) is 23.0. The molecule has 4 aromatic carbocycles. The Morgan fingerprint density at radius 2 is 1.31 bits per heavy atom. The van der Waals surface area contributed by atoms with Crippen molar-refractivity contribution in [2.24, 2.45) is 5.92 Å². The van der Waals surface area contributed by atoms with E-state index in [9.17, 15) is 26.8 Å². The van der Waals surface area contributed by atoms with Crippen LogP contribution < -0.4 is 15.0 Å². The van der Waals surface area contributed by atoms with E-state index < -0.39 is 42.5 Å². The highest BCUT2D eigenvalue weighted by Crippen LogP contribution is 2.41. The second-order valence-corrected chi connectivity index (χ2v) is 13.7. The largest absolute Gasteiger partial charge is 0.493 e. The third-order valence-corrected chi connectivity index (χ3v) is 10.9. The van der Waals surface area contributed by atoms with Crippen molar-refractivity contribution in [2.75, 3.05) is 20.0 Å². The van der Waals surface area contributed by atoms with Crippen LogP contribution >= 0.6 is 0 Å². The summed E-state index contributed by atoms with van der Waals surface area (Å²) >= 11 is 0. The fraction of sp³-hybridized carbons (Fsp3) is 0.194. The van der Waals surface area contributed by atoms with Crippen molar-refractivity contribution in [1.29, 1.82) is 0 Å². The number of hydrogen-bond donors (Lipinski definition) is 2. The molecule has 4 aromatic rings. The Morgan fingerprint density at radius 3 is 1.88 bits per heavy atom. The Bertz CT molecular complexity index is 1730. The monoisotopic (exact) mass is 609 g/mol. The van der Waals surface area contributed by atoms with E-state index in [1.807, 2.05) is 30.3 Å². The van der Waals surface area contributed by atoms with Crippen molar-refractivity contribution in [1.82, 2.24) is 5.48 Å². The van der Waals surface area contributed by atoms with Gasteiger partial charge in [-0.05, 0) is 47.4 Å². The molecule has 220 valence electrons. The summed E-state index contributed by atoms with van der Waals surface area (Å²) in [6.07, 6.45) is -0.388. The Balaban J connectivity index is 1.83. The number of nitrogens with one attached hydrogen (secondary N) is 1. The lowest BCUT2D eigenvalue weighted by atomic mass is 9.94. The quantitative estimate of drug-likeness (QED) is 0.172. The third-order valence-electron chi connectivity index (χ3n) is 6.98. The summed E-state index contributed by atoms with van der Waals surface area (Å²) in [5, 5.41) is 8.09. The molecule has 0 fully saturated rings. The smallest absolute Gasteiger partial charge is 0.248 e. The first-order valence-corrected chi connectivity index (χ1v) is 16.2. The number of rotatable bonds is 12. The summed E-state index contributed by atoms with van der Waals surface area (Å²) in [5.74, 6) is -2.58. The van der Waals surface area contributed by atoms with Crippen LogP contribution in [0, 0.1) is 5.92 Å². The summed E-state index contributed by atoms with van der Waals surface area (Å²) in [6.45, 7) is 0. The lowest BCUT2D eigenvalue weighted by Crippen LogP contribution is -2.36. The predicted octanol–water partition coefficient (Wildman–Crippen LogP) is 4.87. The van der Waals surface area contributed by atoms with E-state index in [4.69, 9.17) is 9.47 Å². The number of methoxy groups -OCH3 is 2. The second kappa shape index (κ2) is 13.2. The van der Waals surface area contributed by atoms with Crippen LogP contribution in [0.4, 0.5) is 0 Å². The molecule has 4 rings (SSSR count). The molecule has 2 atom stereocenters. The van der Waals surface area contributed by atoms with Gasteiger partial charge in [-0.15, -0.1) is 0 Å². The van der Waals surface area contributed by atoms with E-state index in [1.165, 1.54) is 44.6 Å². The molecule has 42 heavy (non-hydrogen) atoms. The number of amides is 1. The minimum Gasteiger partial charge on any atom is -0.493 e. The van der Waals surface area contributed by atoms with Crippen molar-refractivity contribution in [3.63, 3.8) is 0 Å². The average Bonchev–Trinajstić information content (AvgIpc) is 3.03. The molecule has 0 spiro atoms. The number of hydroxylamine groups is 1. The first-order valence-electron chi connectivity index (χ1n) is 13.0. The Labute approximate surface area is 245 Å². The number of benzene rings is 4. The Morgan fingerprint density at radius 1 is 0.738 bits per heavy atom. The van der Waals surface area contributed by atoms with E-state index in [-0.39, 0.29) is 27.5 Å². The second-order valence-electron chi connectivity index (χ2n) is 9.47. The maximum Gasteiger partial charge on any atom is 0.248 e. The molecule has 0 aliphatic heterocycles. The fourth-order valence-corrected chi connectivity index (χ4v) is 8.20. The molecule has 2 unspecified atom stereocenters. The molecule has 0 saturated heterocycles. The number of ether oxygens (including phenoxy) is 2. The van der Waals surface area contributed by atoms with Gasteiger partial charge in [-0.1, -0.05) is 72.8 Å². The molecule has 11 heteroatoms. The van der Waals surface area contributed by atoms with Crippen LogP contribution in [-0.2, 0) is 24.5 Å². The zero-order valence-corrected chi connectivity index (χ0v) is 24.6. The van der Waals surface area contributed by atoms with Gasteiger partial charge in [0.25, 0.3) is 0 Å². The third kappa shape index (κ3) is 6.64. The van der Waals surface area contributed by atoms with E-state index in [0.29, 0.717) is 5.75 Å². The molecular weight excluding hydrogens is 578 g/mol. The molecule has 1 amide bonds. The highest BCUT2D eigenvalue weighted by Gasteiger charge is 2.41. The van der Waals surface area contributed by atoms with Gasteiger partial charge in [0, 0.05) is 6.07 Å². The van der Waals surface area contributed by atoms with E-state index >= 15 is 0 Å². The minimum atomic E-state index is -4.38. The first-order chi connectivity index (χ1) is 20.1. The molecule has 0 saturated carbocycles. The number of carbonyl (C=O) groups is 1. The summed E-state index contributed by atoms with van der Waals surface area (Å²) in [7, 11) is -5.48. The summed E-state index contributed by atoms with van der Waals surface area (Å²) in [4.78, 5) is 13.0. The highest BCUT2D eigenvalue weighted by atomic mass is 32.2. The summed E-state index contributed by atoms with van der Waals surface area (Å²) < 4.78 is 65.4. The van der Waals surface area contributed by atoms with Crippen molar-refractivity contribution in [3.05, 3.63) is 109 Å². The molecule has 0 aliphatic carbocycles. The maximum absolute atomic E-state index is 14.3. The lowest BCUT2D eigenvalue weighted by Gasteiger charge is -2.27. The number of carbonyl (C=O) groups excluding carboxylic acids is 1. The molecule has 0 aromatic heterocycles. The normalized spacial score (nSPS) is 13.1. The summed E-state index contributed by atoms with van der Waals surface area (Å²) in [5.41, 5.74) is 3.52. The average molecular weight is 610 g/mol. The summed E-state index contributed by atoms with van der Waals surface area (Å²) in [6, 6.07) is 27.8. The first kappa shape index (κ1) is 30.8. The SMILES string of the molecule is COc1ccc(S(=O)(=O)C(c2ccc(-c3ccccc3)cc2)C(CCS(=O)(=O)c2ccccc2)C(=O)NO)cc1OC. The standard InChI is InChI=1S/C31H31NO8S2/c1-39-28-18-17-26(21-29(28)40-2)42(37,38)30(24-15-13-23(14-16-24)22-9-5-3-6-10-22)27(31(33)32-34)19-20-41(35,36)25-11-7-4-8-12-25/h3-18,21,27,30,34H,19-20H2,1-2H3,(H,32,33). The van der Waals surface area contributed by atoms with Crippen LogP contribution in [0.1, 0.15) is 17.2 Å². The van der Waals surface area contributed by atoms with E-state index in [1.54, 1.807) is 47.9 Å². The molecule has 0 radical (unpaired) electrons. The van der Waals surface area contributed by atoms with Gasteiger partial charge in [0.15, 0.2) is 31.2 Å². The van der Waals surface area contributed by atoms with E-state index in [2.05, 4.69) is 0 Å². The van der Waals surface area contributed by atoms with Crippen molar-refractivity contribution in [3.8, 4) is 22.6 Å². The Kier molecular flexibility index (Phi) is 9.66. The van der Waals surface area contributed by atoms with Crippen molar-refractivity contribution < 1.29 is 36.3 Å². The molecular formula is C31H31NO8S2. The van der Waals surface area contributed by atoms with Gasteiger partial charge in [0.1, 0.15) is 5.25 Å². The molecule has 2 N–H and O–H groups in total. The predicted molar refractivity (Wildman–Crippen MR) is 158 cm³/mol. The van der Waals surface area contributed by atoms with Crippen molar-refractivity contribution in [2.45, 2.75) is 21.5 Å². The molecule has 9 nitrogen and oxygen atoms in total. The van der Waals surface area contributed by atoms with Gasteiger partial charge in [-0.2, -0.15) is 0 Å². The maximum atomic E-state index is 14.3. The lowest BCUT2D eigenvalue weighted by molar-refractivity contribution is -0.133. The molecule has 0 heterocycles. The molecule has 0 aliphatic rings. The van der Waals surface area contributed by atoms with Gasteiger partial charge in [-0.25, -0.2) is 22.3 Å². The van der Waals surface area contributed by atoms with Crippen LogP contribution in [0.15, 0.2) is 113 Å². The van der Waals surface area contributed by atoms with Crippen LogP contribution in [0.3, 0.4) is 0 Å². The molecule has 0 bridgehead atoms. The van der Waals surface area contributed by atoms with Crippen LogP contribution in [0.5, 0.6) is 11.5 Å². The minimum absolute atomic E-state index is 0.0414. The van der Waals surface area contributed by atoms with Crippen molar-refractivity contribution >= 4 is 25.6 Å². The zero-order chi connectivity index (χ0) is 30.3. The fourth-order valence-electron chi connectivity index (χ4n) is 4.79. The van der Waals surface area contributed by atoms with Crippen LogP contribution in [-0.4, -0.2) is 47.9 Å². The van der Waals surface area contributed by atoms with Crippen LogP contribution in [0.25, 0.3) is 11.1 Å². The van der Waals surface area contributed by atoms with E-state index in [0.717, 1.165) is 11.1 Å². The number of sulfone groups is 2. The van der Waals surface area contributed by atoms with Gasteiger partial charge < -0.3 is 9.47 Å². The topological polar surface area (TPSA) is 136 Å². The highest BCUT2D eigenvalue weighted by molar-refractivity contribution is 7.92. The van der Waals surface area contributed by atoms with Gasteiger partial charge in [0.2, 0.25) is 5.91 Å². The van der Waals surface area contributed by atoms with Gasteiger partial charge >= 0.3 is 0 Å². The van der Waals surface area contributed by atoms with Gasteiger partial charge in [-0.3, -0.25) is 10.0 Å². The number of hydrogen-bond acceptors (Lipinski definition) is 8. The Hall–Kier alpha value is -4.19.